The van der Waals surface area contributed by atoms with E-state index < -0.39 is 16.6 Å². The highest BCUT2D eigenvalue weighted by Crippen LogP contribution is 2.16. The van der Waals surface area contributed by atoms with Crippen LogP contribution in [0.2, 0.25) is 0 Å². The summed E-state index contributed by atoms with van der Waals surface area (Å²) in [7, 11) is 1.59. The van der Waals surface area contributed by atoms with Gasteiger partial charge in [-0.05, 0) is 38.0 Å². The van der Waals surface area contributed by atoms with Gasteiger partial charge in [-0.15, -0.1) is 0 Å². The normalized spacial score (nSPS) is 12.1. The summed E-state index contributed by atoms with van der Waals surface area (Å²) < 4.78 is 9.92. The third-order valence-corrected chi connectivity index (χ3v) is 3.14. The second-order valence-corrected chi connectivity index (χ2v) is 5.44. The van der Waals surface area contributed by atoms with E-state index in [2.05, 4.69) is 15.9 Å². The minimum Gasteiger partial charge on any atom is -0.497 e. The van der Waals surface area contributed by atoms with Gasteiger partial charge < -0.3 is 9.47 Å². The summed E-state index contributed by atoms with van der Waals surface area (Å²) in [4.78, 5) is 22.6. The molecule has 0 heterocycles. The van der Waals surface area contributed by atoms with Crippen molar-refractivity contribution in [2.75, 3.05) is 7.11 Å². The maximum absolute atomic E-state index is 11.8. The molecule has 0 saturated heterocycles. The summed E-state index contributed by atoms with van der Waals surface area (Å²) >= 11 is 3.22. The molecule has 0 amide bonds. The second kappa shape index (κ2) is 7.28. The number of halogens is 1. The van der Waals surface area contributed by atoms with Crippen LogP contribution in [-0.2, 0) is 20.7 Å². The van der Waals surface area contributed by atoms with Crippen molar-refractivity contribution in [2.45, 2.75) is 31.2 Å². The van der Waals surface area contributed by atoms with E-state index >= 15 is 0 Å². The molecule has 104 valence electrons. The van der Waals surface area contributed by atoms with Gasteiger partial charge in [0.2, 0.25) is 0 Å². The molecular weight excluding hydrogens is 312 g/mol. The van der Waals surface area contributed by atoms with Crippen molar-refractivity contribution in [1.29, 1.82) is 0 Å². The Labute approximate surface area is 121 Å². The number of methoxy groups -OCH3 is 1. The average molecular weight is 329 g/mol. The molecular formula is C14H17BrO4. The van der Waals surface area contributed by atoms with Gasteiger partial charge in [-0.25, -0.2) is 4.79 Å². The van der Waals surface area contributed by atoms with Gasteiger partial charge in [-0.3, -0.25) is 4.79 Å². The monoisotopic (exact) mass is 328 g/mol. The molecule has 0 spiro atoms. The van der Waals surface area contributed by atoms with Crippen molar-refractivity contribution in [3.05, 3.63) is 29.8 Å². The summed E-state index contributed by atoms with van der Waals surface area (Å²) in [6.07, 6.45) is 0.132. The molecule has 0 bridgehead atoms. The SMILES string of the molecule is COc1ccc(CC(Br)C(=O)C(=O)OC(C)C)cc1. The molecule has 0 saturated carbocycles. The highest BCUT2D eigenvalue weighted by atomic mass is 79.9. The summed E-state index contributed by atoms with van der Waals surface area (Å²) in [5.41, 5.74) is 0.938. The van der Waals surface area contributed by atoms with Gasteiger partial charge in [0.05, 0.1) is 18.0 Å². The molecule has 1 unspecified atom stereocenters. The van der Waals surface area contributed by atoms with Gasteiger partial charge in [0.15, 0.2) is 0 Å². The topological polar surface area (TPSA) is 52.6 Å². The van der Waals surface area contributed by atoms with E-state index in [0.717, 1.165) is 11.3 Å². The van der Waals surface area contributed by atoms with Crippen molar-refractivity contribution >= 4 is 27.7 Å². The molecule has 1 aromatic carbocycles. The van der Waals surface area contributed by atoms with Crippen molar-refractivity contribution < 1.29 is 19.1 Å². The minimum atomic E-state index is -0.801. The molecule has 0 radical (unpaired) electrons. The first kappa shape index (κ1) is 15.7. The van der Waals surface area contributed by atoms with Crippen LogP contribution in [0.1, 0.15) is 19.4 Å². The van der Waals surface area contributed by atoms with Crippen molar-refractivity contribution in [1.82, 2.24) is 0 Å². The zero-order chi connectivity index (χ0) is 14.4. The Bertz CT molecular complexity index is 439. The number of benzene rings is 1. The second-order valence-electron chi connectivity index (χ2n) is 4.34. The zero-order valence-electron chi connectivity index (χ0n) is 11.2. The van der Waals surface area contributed by atoms with Crippen LogP contribution in [0.5, 0.6) is 5.75 Å². The van der Waals surface area contributed by atoms with Crippen LogP contribution in [0.15, 0.2) is 24.3 Å². The van der Waals surface area contributed by atoms with Crippen LogP contribution in [0.25, 0.3) is 0 Å². The maximum atomic E-state index is 11.8. The van der Waals surface area contributed by atoms with Crippen LogP contribution in [-0.4, -0.2) is 29.8 Å². The van der Waals surface area contributed by atoms with Crippen molar-refractivity contribution in [3.8, 4) is 5.75 Å². The van der Waals surface area contributed by atoms with Crippen molar-refractivity contribution in [3.63, 3.8) is 0 Å². The third-order valence-electron chi connectivity index (χ3n) is 2.40. The minimum absolute atomic E-state index is 0.294. The van der Waals surface area contributed by atoms with Crippen LogP contribution >= 0.6 is 15.9 Å². The highest BCUT2D eigenvalue weighted by molar-refractivity contribution is 9.10. The summed E-state index contributed by atoms with van der Waals surface area (Å²) in [6, 6.07) is 7.33. The molecule has 0 aliphatic heterocycles. The fourth-order valence-corrected chi connectivity index (χ4v) is 2.02. The molecule has 0 aliphatic carbocycles. The van der Waals surface area contributed by atoms with Gasteiger partial charge in [0.25, 0.3) is 5.78 Å². The number of hydrogen-bond donors (Lipinski definition) is 0. The molecule has 0 fully saturated rings. The lowest BCUT2D eigenvalue weighted by Crippen LogP contribution is -2.29. The van der Waals surface area contributed by atoms with E-state index in [1.54, 1.807) is 21.0 Å². The Morgan fingerprint density at radius 1 is 1.21 bits per heavy atom. The Balaban J connectivity index is 2.60. The first-order chi connectivity index (χ1) is 8.93. The molecule has 0 aromatic heterocycles. The highest BCUT2D eigenvalue weighted by Gasteiger charge is 2.25. The fourth-order valence-electron chi connectivity index (χ4n) is 1.46. The van der Waals surface area contributed by atoms with E-state index in [0.29, 0.717) is 6.42 Å². The third kappa shape index (κ3) is 5.03. The first-order valence-corrected chi connectivity index (χ1v) is 6.87. The molecule has 0 aliphatic rings. The molecule has 5 heteroatoms. The smallest absolute Gasteiger partial charge is 0.376 e. The van der Waals surface area contributed by atoms with E-state index in [9.17, 15) is 9.59 Å². The maximum Gasteiger partial charge on any atom is 0.376 e. The lowest BCUT2D eigenvalue weighted by atomic mass is 10.1. The predicted octanol–water partition coefficient (Wildman–Crippen LogP) is 2.52. The largest absolute Gasteiger partial charge is 0.497 e. The van der Waals surface area contributed by atoms with Crippen molar-refractivity contribution in [2.24, 2.45) is 0 Å². The molecule has 4 nitrogen and oxygen atoms in total. The molecule has 1 atom stereocenters. The number of ether oxygens (including phenoxy) is 2. The summed E-state index contributed by atoms with van der Waals surface area (Å²) in [5, 5.41) is 0. The van der Waals surface area contributed by atoms with E-state index in [4.69, 9.17) is 9.47 Å². The molecule has 19 heavy (non-hydrogen) atoms. The molecule has 1 rings (SSSR count). The number of ketones is 1. The van der Waals surface area contributed by atoms with E-state index in [1.807, 2.05) is 24.3 Å². The predicted molar refractivity (Wildman–Crippen MR) is 75.6 cm³/mol. The Hall–Kier alpha value is -1.36. The van der Waals surface area contributed by atoms with Gasteiger partial charge in [0.1, 0.15) is 5.75 Å². The Kier molecular flexibility index (Phi) is 6.02. The van der Waals surface area contributed by atoms with E-state index in [-0.39, 0.29) is 6.10 Å². The summed E-state index contributed by atoms with van der Waals surface area (Å²) in [6.45, 7) is 3.41. The Morgan fingerprint density at radius 2 is 1.79 bits per heavy atom. The first-order valence-electron chi connectivity index (χ1n) is 5.96. The van der Waals surface area contributed by atoms with Crippen LogP contribution in [0.4, 0.5) is 0 Å². The molecule has 0 N–H and O–H groups in total. The van der Waals surface area contributed by atoms with Gasteiger partial charge in [-0.1, -0.05) is 28.1 Å². The standard InChI is InChI=1S/C14H17BrO4/c1-9(2)19-14(17)13(16)12(15)8-10-4-6-11(18-3)7-5-10/h4-7,9,12H,8H2,1-3H3. The zero-order valence-corrected chi connectivity index (χ0v) is 12.8. The van der Waals surface area contributed by atoms with E-state index in [1.165, 1.54) is 0 Å². The number of carbonyl (C=O) groups excluding carboxylic acids is 2. The Morgan fingerprint density at radius 3 is 2.26 bits per heavy atom. The lowest BCUT2D eigenvalue weighted by molar-refractivity contribution is -0.156. The quantitative estimate of drug-likeness (QED) is 0.457. The lowest BCUT2D eigenvalue weighted by Gasteiger charge is -2.11. The number of Topliss-reactive ketones (excluding diaryl/α,β-unsaturated/α-hetero) is 1. The van der Waals surface area contributed by atoms with Gasteiger partial charge in [0, 0.05) is 0 Å². The number of hydrogen-bond acceptors (Lipinski definition) is 4. The number of rotatable bonds is 6. The molecule has 1 aromatic rings. The fraction of sp³-hybridized carbons (Fsp3) is 0.429. The van der Waals surface area contributed by atoms with Crippen LogP contribution in [0, 0.1) is 0 Å². The number of carbonyl (C=O) groups is 2. The van der Waals surface area contributed by atoms with Crippen LogP contribution < -0.4 is 4.74 Å². The number of alkyl halides is 1. The van der Waals surface area contributed by atoms with Gasteiger partial charge >= 0.3 is 5.97 Å². The summed E-state index contributed by atoms with van der Waals surface area (Å²) in [5.74, 6) is -0.615. The number of esters is 1. The average Bonchev–Trinajstić information content (AvgIpc) is 2.37. The van der Waals surface area contributed by atoms with Gasteiger partial charge in [-0.2, -0.15) is 0 Å². The van der Waals surface area contributed by atoms with Crippen LogP contribution in [0.3, 0.4) is 0 Å².